The van der Waals surface area contributed by atoms with E-state index < -0.39 is 5.54 Å². The lowest BCUT2D eigenvalue weighted by Crippen LogP contribution is -2.49. The van der Waals surface area contributed by atoms with E-state index in [-0.39, 0.29) is 6.03 Å². The van der Waals surface area contributed by atoms with Gasteiger partial charge in [0.25, 0.3) is 0 Å². The Balaban J connectivity index is 1.42. The number of amides is 2. The van der Waals surface area contributed by atoms with Crippen LogP contribution in [-0.4, -0.2) is 39.4 Å². The van der Waals surface area contributed by atoms with Crippen LogP contribution in [0.15, 0.2) is 18.5 Å². The lowest BCUT2D eigenvalue weighted by atomic mass is 9.90. The van der Waals surface area contributed by atoms with Crippen LogP contribution in [-0.2, 0) is 10.3 Å². The molecule has 1 atom stereocenters. The van der Waals surface area contributed by atoms with Gasteiger partial charge in [-0.25, -0.2) is 14.8 Å². The van der Waals surface area contributed by atoms with Crippen molar-refractivity contribution in [3.63, 3.8) is 0 Å². The molecule has 2 fully saturated rings. The van der Waals surface area contributed by atoms with Crippen LogP contribution in [0.25, 0.3) is 0 Å². The zero-order valence-electron chi connectivity index (χ0n) is 14.5. The van der Waals surface area contributed by atoms with Gasteiger partial charge < -0.3 is 10.1 Å². The zero-order valence-corrected chi connectivity index (χ0v) is 15.3. The molecular formula is C17H22N6O2S. The minimum atomic E-state index is -0.706. The number of rotatable bonds is 4. The van der Waals surface area contributed by atoms with Crippen molar-refractivity contribution in [1.29, 1.82) is 0 Å². The molecule has 0 aromatic carbocycles. The van der Waals surface area contributed by atoms with Crippen molar-refractivity contribution in [3.8, 4) is 0 Å². The van der Waals surface area contributed by atoms with Gasteiger partial charge in [0, 0.05) is 31.3 Å². The molecule has 2 N–H and O–H groups in total. The molecule has 1 unspecified atom stereocenters. The molecule has 0 spiro atoms. The van der Waals surface area contributed by atoms with Gasteiger partial charge in [0.1, 0.15) is 10.5 Å². The molecule has 2 amide bonds. The lowest BCUT2D eigenvalue weighted by molar-refractivity contribution is 0.164. The second-order valence-electron chi connectivity index (χ2n) is 6.82. The van der Waals surface area contributed by atoms with Crippen molar-refractivity contribution in [2.24, 2.45) is 0 Å². The maximum Gasteiger partial charge on any atom is 0.321 e. The maximum absolute atomic E-state index is 12.5. The molecule has 138 valence electrons. The van der Waals surface area contributed by atoms with E-state index in [2.05, 4.69) is 30.8 Å². The Kier molecular flexibility index (Phi) is 5.07. The van der Waals surface area contributed by atoms with Crippen molar-refractivity contribution in [2.45, 2.75) is 50.0 Å². The highest BCUT2D eigenvalue weighted by Crippen LogP contribution is 2.35. The van der Waals surface area contributed by atoms with Crippen LogP contribution >= 0.6 is 11.3 Å². The number of carbonyl (C=O) groups is 1. The monoisotopic (exact) mass is 374 g/mol. The predicted molar refractivity (Wildman–Crippen MR) is 97.0 cm³/mol. The Morgan fingerprint density at radius 3 is 2.73 bits per heavy atom. The summed E-state index contributed by atoms with van der Waals surface area (Å²) in [6.07, 6.45) is 10.1. The van der Waals surface area contributed by atoms with Crippen molar-refractivity contribution < 1.29 is 9.53 Å². The number of aromatic nitrogens is 4. The number of ether oxygens (including phenoxy) is 1. The number of urea groups is 1. The van der Waals surface area contributed by atoms with Gasteiger partial charge in [0.05, 0.1) is 6.61 Å². The molecule has 1 aliphatic carbocycles. The number of carbonyl (C=O) groups excluding carboxylic acids is 1. The molecule has 8 nitrogen and oxygen atoms in total. The summed E-state index contributed by atoms with van der Waals surface area (Å²) >= 11 is 1.46. The average Bonchev–Trinajstić information content (AvgIpc) is 3.34. The largest absolute Gasteiger partial charge is 0.378 e. The van der Waals surface area contributed by atoms with E-state index in [9.17, 15) is 4.79 Å². The Morgan fingerprint density at radius 2 is 2.00 bits per heavy atom. The zero-order chi connectivity index (χ0) is 17.8. The summed E-state index contributed by atoms with van der Waals surface area (Å²) in [5, 5.41) is 15.7. The molecule has 9 heteroatoms. The van der Waals surface area contributed by atoms with Crippen LogP contribution in [0.4, 0.5) is 9.93 Å². The van der Waals surface area contributed by atoms with Crippen LogP contribution < -0.4 is 10.6 Å². The smallest absolute Gasteiger partial charge is 0.321 e. The molecule has 1 saturated carbocycles. The third-order valence-corrected chi connectivity index (χ3v) is 5.98. The summed E-state index contributed by atoms with van der Waals surface area (Å²) < 4.78 is 5.50. The molecule has 26 heavy (non-hydrogen) atoms. The third-order valence-electron chi connectivity index (χ3n) is 4.98. The highest BCUT2D eigenvalue weighted by Gasteiger charge is 2.41. The van der Waals surface area contributed by atoms with E-state index in [1.54, 1.807) is 18.5 Å². The molecule has 2 aromatic rings. The normalized spacial score (nSPS) is 23.7. The Labute approximate surface area is 155 Å². The quantitative estimate of drug-likeness (QED) is 0.853. The fraction of sp³-hybridized carbons (Fsp3) is 0.588. The number of anilines is 1. The van der Waals surface area contributed by atoms with Gasteiger partial charge in [-0.15, -0.1) is 10.2 Å². The van der Waals surface area contributed by atoms with Gasteiger partial charge in [0.15, 0.2) is 5.82 Å². The third kappa shape index (κ3) is 3.68. The minimum absolute atomic E-state index is 0.339. The Hall–Kier alpha value is -2.13. The minimum Gasteiger partial charge on any atom is -0.378 e. The van der Waals surface area contributed by atoms with Gasteiger partial charge in [-0.1, -0.05) is 30.6 Å². The summed E-state index contributed by atoms with van der Waals surface area (Å²) in [6, 6.07) is 1.41. The fourth-order valence-electron chi connectivity index (χ4n) is 3.59. The van der Waals surface area contributed by atoms with Gasteiger partial charge in [-0.2, -0.15) is 0 Å². The first kappa shape index (κ1) is 17.3. The van der Waals surface area contributed by atoms with E-state index in [0.717, 1.165) is 17.8 Å². The molecule has 1 saturated heterocycles. The Morgan fingerprint density at radius 1 is 1.19 bits per heavy atom. The number of nitrogens with one attached hydrogen (secondary N) is 2. The van der Waals surface area contributed by atoms with Gasteiger partial charge >= 0.3 is 6.03 Å². The van der Waals surface area contributed by atoms with Crippen molar-refractivity contribution >= 4 is 22.5 Å². The molecule has 1 aliphatic heterocycles. The summed E-state index contributed by atoms with van der Waals surface area (Å²) in [4.78, 5) is 21.1. The van der Waals surface area contributed by atoms with E-state index in [1.165, 1.54) is 30.6 Å². The van der Waals surface area contributed by atoms with Crippen molar-refractivity contribution in [1.82, 2.24) is 25.5 Å². The van der Waals surface area contributed by atoms with Crippen LogP contribution in [0.1, 0.15) is 55.3 Å². The van der Waals surface area contributed by atoms with Gasteiger partial charge in [-0.3, -0.25) is 5.32 Å². The van der Waals surface area contributed by atoms with Crippen molar-refractivity contribution in [2.75, 3.05) is 18.5 Å². The Bertz CT molecular complexity index is 741. The SMILES string of the molecule is O=C(Nc1nnc(C2CCCCC2)s1)NC1(c2ncccn2)CCOC1. The second-order valence-corrected chi connectivity index (χ2v) is 7.83. The van der Waals surface area contributed by atoms with E-state index >= 15 is 0 Å². The molecule has 2 aliphatic rings. The van der Waals surface area contributed by atoms with Crippen LogP contribution in [0.3, 0.4) is 0 Å². The maximum atomic E-state index is 12.5. The summed E-state index contributed by atoms with van der Waals surface area (Å²) in [7, 11) is 0. The first-order valence-corrected chi connectivity index (χ1v) is 9.85. The molecule has 2 aromatic heterocycles. The standard InChI is InChI=1S/C17H22N6O2S/c24-15(20-16-23-22-13(26-16)12-5-2-1-3-6-12)21-17(7-10-25-11-17)14-18-8-4-9-19-14/h4,8-9,12H,1-3,5-7,10-11H2,(H2,20,21,23,24). The molecule has 4 rings (SSSR count). The number of hydrogen-bond acceptors (Lipinski definition) is 7. The number of hydrogen-bond donors (Lipinski definition) is 2. The van der Waals surface area contributed by atoms with E-state index in [4.69, 9.17) is 4.74 Å². The van der Waals surface area contributed by atoms with Crippen LogP contribution in [0.2, 0.25) is 0 Å². The van der Waals surface area contributed by atoms with Crippen LogP contribution in [0, 0.1) is 0 Å². The van der Waals surface area contributed by atoms with Gasteiger partial charge in [0.2, 0.25) is 5.13 Å². The highest BCUT2D eigenvalue weighted by atomic mass is 32.1. The molecular weight excluding hydrogens is 352 g/mol. The van der Waals surface area contributed by atoms with E-state index in [0.29, 0.717) is 36.5 Å². The fourth-order valence-corrected chi connectivity index (χ4v) is 4.49. The summed E-state index contributed by atoms with van der Waals surface area (Å²) in [5.74, 6) is 1.04. The highest BCUT2D eigenvalue weighted by molar-refractivity contribution is 7.15. The van der Waals surface area contributed by atoms with Gasteiger partial charge in [-0.05, 0) is 18.9 Å². The molecule has 3 heterocycles. The predicted octanol–water partition coefficient (Wildman–Crippen LogP) is 2.81. The topological polar surface area (TPSA) is 102 Å². The van der Waals surface area contributed by atoms with Crippen molar-refractivity contribution in [3.05, 3.63) is 29.3 Å². The first-order chi connectivity index (χ1) is 12.8. The summed E-state index contributed by atoms with van der Waals surface area (Å²) in [6.45, 7) is 0.914. The number of nitrogens with zero attached hydrogens (tertiary/aromatic N) is 4. The van der Waals surface area contributed by atoms with E-state index in [1.807, 2.05) is 0 Å². The summed E-state index contributed by atoms with van der Waals surface area (Å²) in [5.41, 5.74) is -0.706. The first-order valence-electron chi connectivity index (χ1n) is 9.03. The average molecular weight is 374 g/mol. The molecule has 0 bridgehead atoms. The van der Waals surface area contributed by atoms with Crippen LogP contribution in [0.5, 0.6) is 0 Å². The second kappa shape index (κ2) is 7.63. The lowest BCUT2D eigenvalue weighted by Gasteiger charge is -2.26. The molecule has 0 radical (unpaired) electrons.